The van der Waals surface area contributed by atoms with Crippen LogP contribution in [0, 0.1) is 5.92 Å². The summed E-state index contributed by atoms with van der Waals surface area (Å²) in [7, 11) is 0. The maximum Gasteiger partial charge on any atom is 0.308 e. The van der Waals surface area contributed by atoms with E-state index in [1.807, 2.05) is 0 Å². The molecule has 0 spiro atoms. The van der Waals surface area contributed by atoms with Gasteiger partial charge in [0.1, 0.15) is 0 Å². The summed E-state index contributed by atoms with van der Waals surface area (Å²) in [4.78, 5) is 22.9. The Morgan fingerprint density at radius 3 is 2.63 bits per heavy atom. The number of aliphatic carboxylic acids is 1. The highest BCUT2D eigenvalue weighted by Gasteiger charge is 2.33. The summed E-state index contributed by atoms with van der Waals surface area (Å²) >= 11 is 1.70. The predicted molar refractivity (Wildman–Crippen MR) is 75.3 cm³/mol. The van der Waals surface area contributed by atoms with Gasteiger partial charge in [0.15, 0.2) is 0 Å². The predicted octanol–water partition coefficient (Wildman–Crippen LogP) is 0.841. The van der Waals surface area contributed by atoms with Crippen LogP contribution in [-0.2, 0) is 9.59 Å². The third kappa shape index (κ3) is 4.38. The molecule has 0 aromatic heterocycles. The second-order valence-electron chi connectivity index (χ2n) is 5.31. The first-order valence-electron chi connectivity index (χ1n) is 7.01. The summed E-state index contributed by atoms with van der Waals surface area (Å²) in [5.74, 6) is -0.739. The van der Waals surface area contributed by atoms with Gasteiger partial charge in [-0.15, -0.1) is 11.8 Å². The molecule has 2 aliphatic rings. The van der Waals surface area contributed by atoms with E-state index in [0.717, 1.165) is 38.8 Å². The molecule has 19 heavy (non-hydrogen) atoms. The summed E-state index contributed by atoms with van der Waals surface area (Å²) < 4.78 is 0. The number of rotatable bonds is 5. The van der Waals surface area contributed by atoms with Gasteiger partial charge in [-0.2, -0.15) is 0 Å². The van der Waals surface area contributed by atoms with Crippen LogP contribution in [0.25, 0.3) is 0 Å². The average molecular weight is 286 g/mol. The molecule has 0 radical (unpaired) electrons. The highest BCUT2D eigenvalue weighted by Crippen LogP contribution is 2.26. The van der Waals surface area contributed by atoms with Crippen molar-refractivity contribution >= 4 is 23.6 Å². The highest BCUT2D eigenvalue weighted by atomic mass is 32.2. The van der Waals surface area contributed by atoms with Crippen molar-refractivity contribution in [3.8, 4) is 0 Å². The molecule has 1 saturated carbocycles. The molecule has 5 nitrogen and oxygen atoms in total. The molecule has 6 heteroatoms. The maximum absolute atomic E-state index is 11.9. The van der Waals surface area contributed by atoms with E-state index in [0.29, 0.717) is 17.4 Å². The molecule has 1 aliphatic carbocycles. The number of amides is 1. The Labute approximate surface area is 117 Å². The van der Waals surface area contributed by atoms with Crippen LogP contribution in [0.5, 0.6) is 0 Å². The Kier molecular flexibility index (Phi) is 5.51. The molecule has 0 aromatic carbocycles. The number of thioether (sulfide) groups is 1. The molecule has 108 valence electrons. The summed E-state index contributed by atoms with van der Waals surface area (Å²) in [5.41, 5.74) is 0. The molecule has 1 aliphatic heterocycles. The Morgan fingerprint density at radius 2 is 1.95 bits per heavy atom. The number of carbonyl (C=O) groups is 2. The largest absolute Gasteiger partial charge is 0.481 e. The SMILES string of the molecule is O=C(CSC1CCNCC1)NC1CCCC1C(=O)O. The van der Waals surface area contributed by atoms with Crippen molar-refractivity contribution in [3.05, 3.63) is 0 Å². The minimum Gasteiger partial charge on any atom is -0.481 e. The average Bonchev–Trinajstić information content (AvgIpc) is 2.86. The smallest absolute Gasteiger partial charge is 0.308 e. The zero-order valence-electron chi connectivity index (χ0n) is 11.1. The van der Waals surface area contributed by atoms with E-state index < -0.39 is 11.9 Å². The fourth-order valence-electron chi connectivity index (χ4n) is 2.83. The Hall–Kier alpha value is -0.750. The lowest BCUT2D eigenvalue weighted by Crippen LogP contribution is -2.41. The van der Waals surface area contributed by atoms with Crippen LogP contribution >= 0.6 is 11.8 Å². The quantitative estimate of drug-likeness (QED) is 0.698. The van der Waals surface area contributed by atoms with E-state index in [9.17, 15) is 9.59 Å². The first kappa shape index (κ1) is 14.7. The minimum absolute atomic E-state index is 0.0123. The number of nitrogens with one attached hydrogen (secondary N) is 2. The van der Waals surface area contributed by atoms with Gasteiger partial charge in [-0.25, -0.2) is 0 Å². The van der Waals surface area contributed by atoms with Crippen LogP contribution in [0.1, 0.15) is 32.1 Å². The molecule has 0 bridgehead atoms. The van der Waals surface area contributed by atoms with Crippen molar-refractivity contribution in [3.63, 3.8) is 0 Å². The van der Waals surface area contributed by atoms with Gasteiger partial charge in [-0.3, -0.25) is 9.59 Å². The van der Waals surface area contributed by atoms with Gasteiger partial charge in [0.25, 0.3) is 0 Å². The lowest BCUT2D eigenvalue weighted by Gasteiger charge is -2.22. The van der Waals surface area contributed by atoms with Crippen molar-refractivity contribution in [2.75, 3.05) is 18.8 Å². The molecule has 2 unspecified atom stereocenters. The van der Waals surface area contributed by atoms with Gasteiger partial charge in [0.2, 0.25) is 5.91 Å². The lowest BCUT2D eigenvalue weighted by atomic mass is 10.0. The second-order valence-corrected chi connectivity index (χ2v) is 6.60. The molecular formula is C13H22N2O3S. The molecule has 1 heterocycles. The molecular weight excluding hydrogens is 264 g/mol. The summed E-state index contributed by atoms with van der Waals surface area (Å²) in [6, 6.07) is -0.168. The van der Waals surface area contributed by atoms with E-state index in [-0.39, 0.29) is 11.9 Å². The van der Waals surface area contributed by atoms with Crippen molar-refractivity contribution in [2.24, 2.45) is 5.92 Å². The molecule has 2 rings (SSSR count). The Balaban J connectivity index is 1.70. The zero-order valence-corrected chi connectivity index (χ0v) is 11.9. The van der Waals surface area contributed by atoms with E-state index in [1.165, 1.54) is 0 Å². The summed E-state index contributed by atoms with van der Waals surface area (Å²) in [5, 5.41) is 15.8. The maximum atomic E-state index is 11.9. The van der Waals surface area contributed by atoms with E-state index in [2.05, 4.69) is 10.6 Å². The zero-order chi connectivity index (χ0) is 13.7. The van der Waals surface area contributed by atoms with Gasteiger partial charge < -0.3 is 15.7 Å². The van der Waals surface area contributed by atoms with Crippen LogP contribution < -0.4 is 10.6 Å². The fourth-order valence-corrected chi connectivity index (χ4v) is 3.87. The third-order valence-electron chi connectivity index (χ3n) is 3.92. The van der Waals surface area contributed by atoms with Crippen LogP contribution in [0.2, 0.25) is 0 Å². The number of carboxylic acids is 1. The number of piperidine rings is 1. The molecule has 0 aromatic rings. The minimum atomic E-state index is -0.784. The molecule has 1 saturated heterocycles. The van der Waals surface area contributed by atoms with Gasteiger partial charge in [0.05, 0.1) is 11.7 Å². The van der Waals surface area contributed by atoms with Crippen LogP contribution in [0.4, 0.5) is 0 Å². The van der Waals surface area contributed by atoms with E-state index in [4.69, 9.17) is 5.11 Å². The number of carbonyl (C=O) groups excluding carboxylic acids is 1. The van der Waals surface area contributed by atoms with Crippen LogP contribution in [0.3, 0.4) is 0 Å². The number of hydrogen-bond donors (Lipinski definition) is 3. The molecule has 2 atom stereocenters. The lowest BCUT2D eigenvalue weighted by molar-refractivity contribution is -0.142. The topological polar surface area (TPSA) is 78.4 Å². The molecule has 3 N–H and O–H groups in total. The van der Waals surface area contributed by atoms with Gasteiger partial charge >= 0.3 is 5.97 Å². The normalized spacial score (nSPS) is 28.2. The highest BCUT2D eigenvalue weighted by molar-refractivity contribution is 8.00. The van der Waals surface area contributed by atoms with Gasteiger partial charge in [-0.05, 0) is 38.8 Å². The standard InChI is InChI=1S/C13H22N2O3S/c16-12(8-19-9-4-6-14-7-5-9)15-11-3-1-2-10(11)13(17)18/h9-11,14H,1-8H2,(H,15,16)(H,17,18). The summed E-state index contributed by atoms with van der Waals surface area (Å²) in [6.45, 7) is 2.06. The van der Waals surface area contributed by atoms with Crippen molar-refractivity contribution in [2.45, 2.75) is 43.4 Å². The van der Waals surface area contributed by atoms with Crippen LogP contribution in [-0.4, -0.2) is 47.1 Å². The van der Waals surface area contributed by atoms with Crippen molar-refractivity contribution < 1.29 is 14.7 Å². The van der Waals surface area contributed by atoms with Crippen molar-refractivity contribution in [1.82, 2.24) is 10.6 Å². The van der Waals surface area contributed by atoms with Crippen molar-refractivity contribution in [1.29, 1.82) is 0 Å². The molecule has 1 amide bonds. The van der Waals surface area contributed by atoms with E-state index >= 15 is 0 Å². The van der Waals surface area contributed by atoms with Gasteiger partial charge in [0, 0.05) is 11.3 Å². The fraction of sp³-hybridized carbons (Fsp3) is 0.846. The monoisotopic (exact) mass is 286 g/mol. The van der Waals surface area contributed by atoms with E-state index in [1.54, 1.807) is 11.8 Å². The first-order chi connectivity index (χ1) is 9.16. The second kappa shape index (κ2) is 7.14. The summed E-state index contributed by atoms with van der Waals surface area (Å²) in [6.07, 6.45) is 4.59. The van der Waals surface area contributed by atoms with Crippen LogP contribution in [0.15, 0.2) is 0 Å². The Morgan fingerprint density at radius 1 is 1.21 bits per heavy atom. The van der Waals surface area contributed by atoms with Gasteiger partial charge in [-0.1, -0.05) is 6.42 Å². The Bertz CT molecular complexity index is 332. The first-order valence-corrected chi connectivity index (χ1v) is 8.06. The number of carboxylic acid groups (broad SMARTS) is 1. The number of hydrogen-bond acceptors (Lipinski definition) is 4. The molecule has 2 fully saturated rings. The third-order valence-corrected chi connectivity index (χ3v) is 5.29.